The predicted octanol–water partition coefficient (Wildman–Crippen LogP) is 1.81. The number of amides is 1. The fourth-order valence-corrected chi connectivity index (χ4v) is 3.28. The Morgan fingerprint density at radius 3 is 2.72 bits per heavy atom. The van der Waals surface area contributed by atoms with Crippen molar-refractivity contribution in [1.82, 2.24) is 14.7 Å². The summed E-state index contributed by atoms with van der Waals surface area (Å²) >= 11 is 0. The van der Waals surface area contributed by atoms with Crippen molar-refractivity contribution in [2.75, 3.05) is 5.73 Å². The predicted molar refractivity (Wildman–Crippen MR) is 107 cm³/mol. The zero-order chi connectivity index (χ0) is 20.5. The topological polar surface area (TPSA) is 93.4 Å². The number of nitrogens with one attached hydrogen (secondary N) is 1. The second-order valence-corrected chi connectivity index (χ2v) is 6.58. The molecule has 0 aliphatic rings. The fraction of sp³-hybridized carbons (Fsp3) is 0.143. The van der Waals surface area contributed by atoms with Crippen molar-refractivity contribution in [2.45, 2.75) is 20.0 Å². The second-order valence-electron chi connectivity index (χ2n) is 6.58. The highest BCUT2D eigenvalue weighted by Crippen LogP contribution is 2.15. The highest BCUT2D eigenvalue weighted by Gasteiger charge is 2.23. The number of nitrogens with zero attached hydrogens (tertiary/aromatic N) is 3. The maximum atomic E-state index is 13.0. The Balaban J connectivity index is 1.79. The number of nitrogens with two attached hydrogens (primary N) is 1. The number of hydrogen-bond donors (Lipinski definition) is 2. The van der Waals surface area contributed by atoms with E-state index in [2.05, 4.69) is 10.3 Å². The summed E-state index contributed by atoms with van der Waals surface area (Å²) in [6, 6.07) is 12.6. The Morgan fingerprint density at radius 1 is 1.24 bits per heavy atom. The van der Waals surface area contributed by atoms with E-state index < -0.39 is 5.91 Å². The zero-order valence-electron chi connectivity index (χ0n) is 15.7. The van der Waals surface area contributed by atoms with Crippen LogP contribution in [0.15, 0.2) is 59.5 Å². The van der Waals surface area contributed by atoms with Gasteiger partial charge in [0.2, 0.25) is 11.5 Å². The summed E-state index contributed by atoms with van der Waals surface area (Å²) in [5.41, 5.74) is 7.83. The molecule has 0 bridgehead atoms. The number of anilines is 1. The Morgan fingerprint density at radius 2 is 2.00 bits per heavy atom. The van der Waals surface area contributed by atoms with Gasteiger partial charge in [0, 0.05) is 12.7 Å². The summed E-state index contributed by atoms with van der Waals surface area (Å²) in [5, 5.41) is 3.07. The molecule has 4 aromatic rings. The number of aromatic nitrogens is 3. The van der Waals surface area contributed by atoms with Gasteiger partial charge in [-0.25, -0.2) is 8.96 Å². The summed E-state index contributed by atoms with van der Waals surface area (Å²) in [7, 11) is 0. The second kappa shape index (κ2) is 7.31. The van der Waals surface area contributed by atoms with Crippen molar-refractivity contribution >= 4 is 28.4 Å². The van der Waals surface area contributed by atoms with Crippen molar-refractivity contribution in [3.63, 3.8) is 0 Å². The van der Waals surface area contributed by atoms with E-state index in [1.54, 1.807) is 41.1 Å². The maximum absolute atomic E-state index is 13.0. The van der Waals surface area contributed by atoms with Crippen LogP contribution >= 0.6 is 0 Å². The van der Waals surface area contributed by atoms with Crippen LogP contribution < -0.4 is 21.2 Å². The number of nitrogen functional groups attached to an aromatic ring is 1. The monoisotopic (exact) mass is 392 g/mol. The molecule has 0 aliphatic heterocycles. The first-order chi connectivity index (χ1) is 14.0. The highest BCUT2D eigenvalue weighted by atomic mass is 19.1. The van der Waals surface area contributed by atoms with Gasteiger partial charge in [-0.1, -0.05) is 23.2 Å². The Labute approximate surface area is 165 Å². The van der Waals surface area contributed by atoms with E-state index in [4.69, 9.17) is 5.73 Å². The third kappa shape index (κ3) is 3.29. The van der Waals surface area contributed by atoms with Crippen molar-refractivity contribution in [1.29, 1.82) is 0 Å². The van der Waals surface area contributed by atoms with Crippen LogP contribution in [-0.2, 0) is 13.1 Å². The van der Waals surface area contributed by atoms with Crippen molar-refractivity contribution in [3.05, 3.63) is 82.0 Å². The first-order valence-corrected chi connectivity index (χ1v) is 9.15. The average molecular weight is 392 g/mol. The maximum Gasteiger partial charge on any atom is 0.278 e. The number of carbonyl (C=O) groups is 1. The van der Waals surface area contributed by atoms with Crippen LogP contribution in [0, 0.1) is 5.82 Å². The van der Waals surface area contributed by atoms with Crippen LogP contribution in [-0.4, -0.2) is 15.3 Å². The molecule has 3 aromatic heterocycles. The Kier molecular flexibility index (Phi) is 4.67. The molecule has 3 heterocycles. The highest BCUT2D eigenvalue weighted by molar-refractivity contribution is 6.00. The lowest BCUT2D eigenvalue weighted by molar-refractivity contribution is -0.655. The molecule has 4 rings (SSSR count). The van der Waals surface area contributed by atoms with E-state index in [1.807, 2.05) is 6.92 Å². The molecule has 0 saturated carbocycles. The lowest BCUT2D eigenvalue weighted by atomic mass is 10.1. The molecule has 146 valence electrons. The summed E-state index contributed by atoms with van der Waals surface area (Å²) in [6.07, 6.45) is 1.63. The molecule has 0 radical (unpaired) electrons. The molecular weight excluding hydrogens is 373 g/mol. The first kappa shape index (κ1) is 18.5. The van der Waals surface area contributed by atoms with Crippen LogP contribution in [0.25, 0.3) is 16.7 Å². The van der Waals surface area contributed by atoms with Crippen LogP contribution in [0.1, 0.15) is 22.8 Å². The fourth-order valence-electron chi connectivity index (χ4n) is 3.28. The van der Waals surface area contributed by atoms with Gasteiger partial charge in [0.1, 0.15) is 16.8 Å². The van der Waals surface area contributed by atoms with E-state index in [0.29, 0.717) is 23.2 Å². The molecule has 29 heavy (non-hydrogen) atoms. The van der Waals surface area contributed by atoms with Gasteiger partial charge in [0.15, 0.2) is 0 Å². The number of pyridine rings is 2. The number of fused-ring (bicyclic) bond motifs is 2. The van der Waals surface area contributed by atoms with Gasteiger partial charge in [0.05, 0.1) is 6.54 Å². The summed E-state index contributed by atoms with van der Waals surface area (Å²) in [5.74, 6) is -0.541. The van der Waals surface area contributed by atoms with Crippen LogP contribution in [0.3, 0.4) is 0 Å². The van der Waals surface area contributed by atoms with Gasteiger partial charge in [-0.15, -0.1) is 0 Å². The van der Waals surface area contributed by atoms with Crippen LogP contribution in [0.4, 0.5) is 10.2 Å². The third-order valence-electron chi connectivity index (χ3n) is 4.79. The van der Waals surface area contributed by atoms with Gasteiger partial charge in [-0.05, 0) is 42.8 Å². The normalized spacial score (nSPS) is 11.1. The number of rotatable bonds is 4. The standard InChI is InChI=1S/C21H18FN5O2/c1-2-26-18(23)15(20(28)24-12-13-6-8-14(22)9-7-13)11-16-19(26)25-17-5-3-4-10-27(17)21(16)29/h3-11,23H,2,12H2,1H3,(H,24,28)/p+1. The molecule has 0 aliphatic carbocycles. The third-order valence-corrected chi connectivity index (χ3v) is 4.79. The minimum Gasteiger partial charge on any atom is -0.348 e. The molecular formula is C21H19FN5O2+. The summed E-state index contributed by atoms with van der Waals surface area (Å²) in [6.45, 7) is 2.51. The van der Waals surface area contributed by atoms with Gasteiger partial charge < -0.3 is 11.1 Å². The van der Waals surface area contributed by atoms with Crippen molar-refractivity contribution in [2.24, 2.45) is 0 Å². The molecule has 8 heteroatoms. The lowest BCUT2D eigenvalue weighted by Crippen LogP contribution is -2.42. The van der Waals surface area contributed by atoms with Crippen LogP contribution in [0.2, 0.25) is 0 Å². The van der Waals surface area contributed by atoms with E-state index >= 15 is 0 Å². The molecule has 1 aromatic carbocycles. The van der Waals surface area contributed by atoms with Gasteiger partial charge in [-0.2, -0.15) is 0 Å². The Hall–Kier alpha value is -3.81. The molecule has 1 amide bonds. The quantitative estimate of drug-likeness (QED) is 0.409. The van der Waals surface area contributed by atoms with Gasteiger partial charge in [0.25, 0.3) is 17.1 Å². The largest absolute Gasteiger partial charge is 0.348 e. The molecule has 0 atom stereocenters. The van der Waals surface area contributed by atoms with E-state index in [1.165, 1.54) is 22.6 Å². The minimum absolute atomic E-state index is 0.191. The molecule has 0 saturated heterocycles. The lowest BCUT2D eigenvalue weighted by Gasteiger charge is -2.11. The summed E-state index contributed by atoms with van der Waals surface area (Å²) < 4.78 is 16.1. The minimum atomic E-state index is -0.423. The number of halogens is 1. The molecule has 0 unspecified atom stereocenters. The van der Waals surface area contributed by atoms with Crippen molar-refractivity contribution in [3.8, 4) is 0 Å². The first-order valence-electron chi connectivity index (χ1n) is 9.15. The van der Waals surface area contributed by atoms with Crippen molar-refractivity contribution < 1.29 is 13.8 Å². The summed E-state index contributed by atoms with van der Waals surface area (Å²) in [4.78, 5) is 30.3. The molecule has 0 fully saturated rings. The SMILES string of the molecule is CC[n+]1c(N)c(C(=O)NCc2ccc(F)cc2)cc2c(=O)n3ccccc3nc21. The molecule has 7 nitrogen and oxygen atoms in total. The molecule has 0 spiro atoms. The number of hydrogen-bond acceptors (Lipinski definition) is 4. The number of benzene rings is 1. The van der Waals surface area contributed by atoms with Gasteiger partial charge >= 0.3 is 0 Å². The van der Waals surface area contributed by atoms with Crippen LogP contribution in [0.5, 0.6) is 0 Å². The van der Waals surface area contributed by atoms with E-state index in [0.717, 1.165) is 5.56 Å². The van der Waals surface area contributed by atoms with E-state index in [-0.39, 0.29) is 29.3 Å². The van der Waals surface area contributed by atoms with E-state index in [9.17, 15) is 14.0 Å². The smallest absolute Gasteiger partial charge is 0.278 e. The average Bonchev–Trinajstić information content (AvgIpc) is 2.73. The zero-order valence-corrected chi connectivity index (χ0v) is 15.7. The number of aryl methyl sites for hydroxylation is 1. The molecule has 3 N–H and O–H groups in total. The van der Waals surface area contributed by atoms with Gasteiger partial charge in [-0.3, -0.25) is 14.0 Å². The number of carbonyl (C=O) groups excluding carboxylic acids is 1. The Bertz CT molecular complexity index is 1300.